The summed E-state index contributed by atoms with van der Waals surface area (Å²) < 4.78 is 16.9. The summed E-state index contributed by atoms with van der Waals surface area (Å²) in [7, 11) is 0. The first-order valence-corrected chi connectivity index (χ1v) is 11.9. The number of carbonyl (C=O) groups is 1. The van der Waals surface area contributed by atoms with Gasteiger partial charge in [0.05, 0.1) is 12.0 Å². The smallest absolute Gasteiger partial charge is 0.311 e. The minimum atomic E-state index is -1.55. The molecule has 0 unspecified atom stereocenters. The molecule has 0 aromatic heterocycles. The number of hydrogen-bond acceptors (Lipinski definition) is 8. The summed E-state index contributed by atoms with van der Waals surface area (Å²) in [5.74, 6) is 0.0344. The average Bonchev–Trinajstić information content (AvgIpc) is 2.84. The predicted octanol–water partition coefficient (Wildman–Crippen LogP) is 2.11. The molecular weight excluding hydrogens is 452 g/mol. The summed E-state index contributed by atoms with van der Waals surface area (Å²) in [6.45, 7) is 6.89. The van der Waals surface area contributed by atoms with E-state index < -0.39 is 42.7 Å². The molecule has 4 N–H and O–H groups in total. The van der Waals surface area contributed by atoms with Crippen LogP contribution in [0.3, 0.4) is 0 Å². The maximum atomic E-state index is 12.2. The van der Waals surface area contributed by atoms with E-state index in [9.17, 15) is 25.2 Å². The van der Waals surface area contributed by atoms with Crippen molar-refractivity contribution in [2.45, 2.75) is 77.8 Å². The molecule has 5 atom stereocenters. The van der Waals surface area contributed by atoms with Crippen molar-refractivity contribution in [3.63, 3.8) is 0 Å². The zero-order valence-corrected chi connectivity index (χ0v) is 20.7. The number of carbonyl (C=O) groups excluding carboxylic acids is 1. The molecule has 1 heterocycles. The van der Waals surface area contributed by atoms with Crippen molar-refractivity contribution in [3.05, 3.63) is 64.7 Å². The van der Waals surface area contributed by atoms with Crippen LogP contribution in [0.25, 0.3) is 0 Å². The van der Waals surface area contributed by atoms with Crippen LogP contribution in [0, 0.1) is 5.41 Å². The van der Waals surface area contributed by atoms with Crippen LogP contribution in [-0.2, 0) is 33.7 Å². The van der Waals surface area contributed by atoms with Gasteiger partial charge in [-0.1, -0.05) is 43.3 Å². The highest BCUT2D eigenvalue weighted by molar-refractivity contribution is 5.75. The van der Waals surface area contributed by atoms with E-state index in [1.54, 1.807) is 26.8 Å². The maximum Gasteiger partial charge on any atom is 0.311 e. The molecule has 35 heavy (non-hydrogen) atoms. The van der Waals surface area contributed by atoms with Crippen LogP contribution in [0.15, 0.2) is 42.5 Å². The number of aliphatic hydroxyl groups is 4. The van der Waals surface area contributed by atoms with Gasteiger partial charge < -0.3 is 34.6 Å². The van der Waals surface area contributed by atoms with E-state index in [4.69, 9.17) is 14.2 Å². The summed E-state index contributed by atoms with van der Waals surface area (Å²) in [5, 5.41) is 40.2. The van der Waals surface area contributed by atoms with Crippen molar-refractivity contribution in [2.75, 3.05) is 6.61 Å². The lowest BCUT2D eigenvalue weighted by molar-refractivity contribution is -0.277. The largest absolute Gasteiger partial charge is 0.462 e. The van der Waals surface area contributed by atoms with E-state index in [0.29, 0.717) is 17.7 Å². The number of esters is 1. The minimum Gasteiger partial charge on any atom is -0.462 e. The third kappa shape index (κ3) is 6.80. The SMILES string of the molecule is CCc1ccc(Cc2ccc(COC(=O)C(C)(C)C)cc2O[C@H]2O[C@H](CO)[C@@H](O)[C@H](O)[C@H]2O)cc1. The summed E-state index contributed by atoms with van der Waals surface area (Å²) in [6.07, 6.45) is -5.50. The Hall–Kier alpha value is -2.49. The summed E-state index contributed by atoms with van der Waals surface area (Å²) in [6, 6.07) is 13.6. The number of aliphatic hydroxyl groups excluding tert-OH is 4. The standard InChI is InChI=1S/C27H36O8/c1-5-16-6-8-17(9-7-16)12-19-11-10-18(15-33-26(32)27(2,3)4)13-20(19)34-25-24(31)23(30)22(29)21(14-28)35-25/h6-11,13,21-25,28-31H,5,12,14-15H2,1-4H3/t21-,22-,23+,24-,25+/m1/s1. The minimum absolute atomic E-state index is 0.0343. The fourth-order valence-corrected chi connectivity index (χ4v) is 3.71. The highest BCUT2D eigenvalue weighted by Gasteiger charge is 2.44. The van der Waals surface area contributed by atoms with Crippen LogP contribution in [0.4, 0.5) is 0 Å². The zero-order chi connectivity index (χ0) is 25.8. The van der Waals surface area contributed by atoms with Gasteiger partial charge in [-0.25, -0.2) is 0 Å². The second-order valence-corrected chi connectivity index (χ2v) is 9.93. The van der Waals surface area contributed by atoms with Gasteiger partial charge in [0.25, 0.3) is 0 Å². The Morgan fingerprint density at radius 3 is 2.17 bits per heavy atom. The topological polar surface area (TPSA) is 126 Å². The van der Waals surface area contributed by atoms with Crippen molar-refractivity contribution in [1.82, 2.24) is 0 Å². The van der Waals surface area contributed by atoms with Crippen molar-refractivity contribution in [2.24, 2.45) is 5.41 Å². The van der Waals surface area contributed by atoms with Crippen LogP contribution >= 0.6 is 0 Å². The molecule has 0 amide bonds. The van der Waals surface area contributed by atoms with E-state index in [-0.39, 0.29) is 12.6 Å². The average molecular weight is 489 g/mol. The van der Waals surface area contributed by atoms with Gasteiger partial charge in [0, 0.05) is 6.42 Å². The Bertz CT molecular complexity index is 980. The molecular formula is C27H36O8. The monoisotopic (exact) mass is 488 g/mol. The van der Waals surface area contributed by atoms with Gasteiger partial charge in [-0.05, 0) is 55.5 Å². The third-order valence-electron chi connectivity index (χ3n) is 6.03. The Labute approximate surface area is 206 Å². The zero-order valence-electron chi connectivity index (χ0n) is 20.7. The van der Waals surface area contributed by atoms with Gasteiger partial charge in [-0.2, -0.15) is 0 Å². The Balaban J connectivity index is 1.87. The van der Waals surface area contributed by atoms with Crippen LogP contribution in [0.1, 0.15) is 49.9 Å². The molecule has 0 aliphatic carbocycles. The lowest BCUT2D eigenvalue weighted by atomic mass is 9.97. The van der Waals surface area contributed by atoms with Gasteiger partial charge in [0.2, 0.25) is 6.29 Å². The molecule has 2 aromatic carbocycles. The predicted molar refractivity (Wildman–Crippen MR) is 129 cm³/mol. The normalized spacial score (nSPS) is 24.7. The van der Waals surface area contributed by atoms with Crippen molar-refractivity contribution in [3.8, 4) is 5.75 Å². The van der Waals surface area contributed by atoms with E-state index in [2.05, 4.69) is 19.1 Å². The fourth-order valence-electron chi connectivity index (χ4n) is 3.71. The van der Waals surface area contributed by atoms with Crippen LogP contribution < -0.4 is 4.74 Å². The summed E-state index contributed by atoms with van der Waals surface area (Å²) in [5.41, 5.74) is 3.10. The van der Waals surface area contributed by atoms with Gasteiger partial charge >= 0.3 is 5.97 Å². The Morgan fingerprint density at radius 1 is 0.943 bits per heavy atom. The maximum absolute atomic E-state index is 12.2. The summed E-state index contributed by atoms with van der Waals surface area (Å²) in [4.78, 5) is 12.2. The van der Waals surface area contributed by atoms with E-state index >= 15 is 0 Å². The third-order valence-corrected chi connectivity index (χ3v) is 6.03. The number of rotatable bonds is 8. The Kier molecular flexibility index (Phi) is 8.90. The highest BCUT2D eigenvalue weighted by Crippen LogP contribution is 2.30. The first-order valence-electron chi connectivity index (χ1n) is 11.9. The van der Waals surface area contributed by atoms with Crippen molar-refractivity contribution >= 4 is 5.97 Å². The summed E-state index contributed by atoms with van der Waals surface area (Å²) >= 11 is 0. The lowest BCUT2D eigenvalue weighted by Gasteiger charge is -2.39. The molecule has 192 valence electrons. The van der Waals surface area contributed by atoms with E-state index in [0.717, 1.165) is 17.5 Å². The van der Waals surface area contributed by atoms with Gasteiger partial charge in [0.1, 0.15) is 36.8 Å². The van der Waals surface area contributed by atoms with Crippen LogP contribution in [-0.4, -0.2) is 63.7 Å². The molecule has 3 rings (SSSR count). The highest BCUT2D eigenvalue weighted by atomic mass is 16.7. The molecule has 8 heteroatoms. The van der Waals surface area contributed by atoms with E-state index in [1.165, 1.54) is 5.56 Å². The first-order chi connectivity index (χ1) is 16.5. The van der Waals surface area contributed by atoms with Crippen molar-refractivity contribution < 1.29 is 39.4 Å². The number of ether oxygens (including phenoxy) is 3. The molecule has 0 spiro atoms. The number of hydrogen-bond donors (Lipinski definition) is 4. The number of benzene rings is 2. The second-order valence-electron chi connectivity index (χ2n) is 9.93. The lowest BCUT2D eigenvalue weighted by Crippen LogP contribution is -2.60. The molecule has 1 aliphatic heterocycles. The van der Waals surface area contributed by atoms with Gasteiger partial charge in [0.15, 0.2) is 0 Å². The quantitative estimate of drug-likeness (QED) is 0.417. The molecule has 1 fully saturated rings. The van der Waals surface area contributed by atoms with Crippen LogP contribution in [0.2, 0.25) is 0 Å². The molecule has 0 saturated carbocycles. The molecule has 8 nitrogen and oxygen atoms in total. The van der Waals surface area contributed by atoms with Crippen molar-refractivity contribution in [1.29, 1.82) is 0 Å². The first kappa shape index (κ1) is 27.1. The molecule has 0 radical (unpaired) electrons. The van der Waals surface area contributed by atoms with Gasteiger partial charge in [-0.3, -0.25) is 4.79 Å². The van der Waals surface area contributed by atoms with Crippen LogP contribution in [0.5, 0.6) is 5.75 Å². The molecule has 0 bridgehead atoms. The van der Waals surface area contributed by atoms with Gasteiger partial charge in [-0.15, -0.1) is 0 Å². The molecule has 2 aromatic rings. The molecule has 1 aliphatic rings. The molecule has 1 saturated heterocycles. The second kappa shape index (κ2) is 11.5. The fraction of sp³-hybridized carbons (Fsp3) is 0.519. The Morgan fingerprint density at radius 2 is 1.57 bits per heavy atom. The van der Waals surface area contributed by atoms with E-state index in [1.807, 2.05) is 24.3 Å². The number of aryl methyl sites for hydroxylation is 1.